The fourth-order valence-electron chi connectivity index (χ4n) is 3.67. The summed E-state index contributed by atoms with van der Waals surface area (Å²) >= 11 is 18.7. The Hall–Kier alpha value is -2.21. The SMILES string of the molecule is CC[C@@H](C(=O)NCC(C)C)N(Cc1c(Cl)cccc1Cl)C(=O)CN(c1cc(C(F)(F)F)ccc1Cl)S(C)(=O)=O. The number of anilines is 1. The van der Waals surface area contributed by atoms with Gasteiger partial charge in [-0.15, -0.1) is 0 Å². The van der Waals surface area contributed by atoms with Crippen molar-refractivity contribution in [3.8, 4) is 0 Å². The second-order valence-corrected chi connectivity index (χ2v) is 12.3. The Labute approximate surface area is 241 Å². The average Bonchev–Trinajstić information content (AvgIpc) is 2.81. The van der Waals surface area contributed by atoms with Gasteiger partial charge < -0.3 is 10.2 Å². The molecule has 1 atom stereocenters. The highest BCUT2D eigenvalue weighted by Gasteiger charge is 2.35. The normalized spacial score (nSPS) is 12.8. The third-order valence-electron chi connectivity index (χ3n) is 5.68. The summed E-state index contributed by atoms with van der Waals surface area (Å²) < 4.78 is 66.1. The van der Waals surface area contributed by atoms with E-state index in [0.29, 0.717) is 28.5 Å². The van der Waals surface area contributed by atoms with Gasteiger partial charge in [-0.05, 0) is 42.7 Å². The van der Waals surface area contributed by atoms with Gasteiger partial charge in [0.15, 0.2) is 0 Å². The molecule has 2 aromatic rings. The van der Waals surface area contributed by atoms with Crippen LogP contribution < -0.4 is 9.62 Å². The molecule has 0 aliphatic carbocycles. The van der Waals surface area contributed by atoms with Gasteiger partial charge in [0, 0.05) is 28.7 Å². The molecular weight excluding hydrogens is 602 g/mol. The van der Waals surface area contributed by atoms with Gasteiger partial charge in [-0.3, -0.25) is 13.9 Å². The molecule has 14 heteroatoms. The van der Waals surface area contributed by atoms with Crippen molar-refractivity contribution in [2.24, 2.45) is 5.92 Å². The number of rotatable bonds is 11. The van der Waals surface area contributed by atoms with Crippen LogP contribution in [0.4, 0.5) is 18.9 Å². The number of nitrogens with one attached hydrogen (secondary N) is 1. The van der Waals surface area contributed by atoms with E-state index in [1.807, 2.05) is 13.8 Å². The molecule has 2 amide bonds. The van der Waals surface area contributed by atoms with E-state index < -0.39 is 51.9 Å². The van der Waals surface area contributed by atoms with Crippen molar-refractivity contribution in [2.75, 3.05) is 23.7 Å². The smallest absolute Gasteiger partial charge is 0.354 e. The molecule has 0 fully saturated rings. The Morgan fingerprint density at radius 3 is 2.10 bits per heavy atom. The molecule has 0 saturated heterocycles. The number of carbonyl (C=O) groups excluding carboxylic acids is 2. The van der Waals surface area contributed by atoms with Crippen LogP contribution in [0.25, 0.3) is 0 Å². The topological polar surface area (TPSA) is 86.8 Å². The zero-order valence-electron chi connectivity index (χ0n) is 21.7. The summed E-state index contributed by atoms with van der Waals surface area (Å²) in [4.78, 5) is 27.9. The third-order valence-corrected chi connectivity index (χ3v) is 7.84. The molecule has 0 aliphatic rings. The van der Waals surface area contributed by atoms with Gasteiger partial charge in [-0.2, -0.15) is 13.2 Å². The van der Waals surface area contributed by atoms with Crippen LogP contribution in [0.2, 0.25) is 15.1 Å². The van der Waals surface area contributed by atoms with E-state index in [0.717, 1.165) is 17.2 Å². The zero-order valence-corrected chi connectivity index (χ0v) is 24.7. The molecule has 0 bridgehead atoms. The first-order chi connectivity index (χ1) is 18.0. The Kier molecular flexibility index (Phi) is 11.4. The second kappa shape index (κ2) is 13.4. The lowest BCUT2D eigenvalue weighted by Crippen LogP contribution is -2.52. The highest BCUT2D eigenvalue weighted by molar-refractivity contribution is 7.92. The van der Waals surface area contributed by atoms with Crippen molar-refractivity contribution in [3.63, 3.8) is 0 Å². The molecule has 2 rings (SSSR count). The van der Waals surface area contributed by atoms with E-state index >= 15 is 0 Å². The van der Waals surface area contributed by atoms with Gasteiger partial charge >= 0.3 is 6.18 Å². The molecule has 0 saturated carbocycles. The van der Waals surface area contributed by atoms with Crippen molar-refractivity contribution in [2.45, 2.75) is 46.0 Å². The Balaban J connectivity index is 2.59. The molecule has 216 valence electrons. The maximum absolute atomic E-state index is 13.7. The summed E-state index contributed by atoms with van der Waals surface area (Å²) in [6.45, 7) is 4.55. The number of hydrogen-bond donors (Lipinski definition) is 1. The number of sulfonamides is 1. The average molecular weight is 631 g/mol. The highest BCUT2D eigenvalue weighted by atomic mass is 35.5. The van der Waals surface area contributed by atoms with Crippen molar-refractivity contribution >= 4 is 62.3 Å². The summed E-state index contributed by atoms with van der Waals surface area (Å²) in [6, 6.07) is 5.76. The largest absolute Gasteiger partial charge is 0.416 e. The minimum Gasteiger partial charge on any atom is -0.354 e. The molecule has 0 radical (unpaired) electrons. The van der Waals surface area contributed by atoms with Crippen LogP contribution in [-0.4, -0.2) is 50.5 Å². The number of benzene rings is 2. The summed E-state index contributed by atoms with van der Waals surface area (Å²) in [6.07, 6.45) is -3.92. The van der Waals surface area contributed by atoms with Crippen molar-refractivity contribution in [3.05, 3.63) is 62.6 Å². The van der Waals surface area contributed by atoms with Gasteiger partial charge in [0.05, 0.1) is 22.5 Å². The lowest BCUT2D eigenvalue weighted by molar-refractivity contribution is -0.140. The maximum Gasteiger partial charge on any atom is 0.416 e. The Bertz CT molecular complexity index is 1290. The number of alkyl halides is 3. The fourth-order valence-corrected chi connectivity index (χ4v) is 5.31. The summed E-state index contributed by atoms with van der Waals surface area (Å²) in [7, 11) is -4.31. The van der Waals surface area contributed by atoms with Crippen LogP contribution in [-0.2, 0) is 32.3 Å². The van der Waals surface area contributed by atoms with E-state index in [9.17, 15) is 31.2 Å². The fraction of sp³-hybridized carbons (Fsp3) is 0.440. The van der Waals surface area contributed by atoms with Crippen LogP contribution in [0.3, 0.4) is 0 Å². The number of carbonyl (C=O) groups is 2. The maximum atomic E-state index is 13.7. The van der Waals surface area contributed by atoms with E-state index in [4.69, 9.17) is 34.8 Å². The number of halogens is 6. The van der Waals surface area contributed by atoms with Crippen LogP contribution >= 0.6 is 34.8 Å². The first-order valence-electron chi connectivity index (χ1n) is 11.8. The predicted molar refractivity (Wildman–Crippen MR) is 148 cm³/mol. The third kappa shape index (κ3) is 8.89. The lowest BCUT2D eigenvalue weighted by Gasteiger charge is -2.33. The lowest BCUT2D eigenvalue weighted by atomic mass is 10.1. The van der Waals surface area contributed by atoms with Gasteiger partial charge in [0.2, 0.25) is 21.8 Å². The first kappa shape index (κ1) is 33.0. The molecular formula is C25H29Cl3F3N3O4S. The van der Waals surface area contributed by atoms with E-state index in [1.54, 1.807) is 13.0 Å². The van der Waals surface area contributed by atoms with Crippen molar-refractivity contribution in [1.29, 1.82) is 0 Å². The zero-order chi connectivity index (χ0) is 29.7. The second-order valence-electron chi connectivity index (χ2n) is 9.22. The minimum atomic E-state index is -4.79. The van der Waals surface area contributed by atoms with Crippen molar-refractivity contribution in [1.82, 2.24) is 10.2 Å². The van der Waals surface area contributed by atoms with Crippen LogP contribution in [0.1, 0.15) is 38.3 Å². The number of amides is 2. The molecule has 39 heavy (non-hydrogen) atoms. The summed E-state index contributed by atoms with van der Waals surface area (Å²) in [5.74, 6) is -1.26. The van der Waals surface area contributed by atoms with E-state index in [-0.39, 0.29) is 34.0 Å². The Morgan fingerprint density at radius 1 is 1.03 bits per heavy atom. The number of hydrogen-bond acceptors (Lipinski definition) is 4. The van der Waals surface area contributed by atoms with Gasteiger partial charge in [-0.25, -0.2) is 8.42 Å². The van der Waals surface area contributed by atoms with Crippen molar-refractivity contribution < 1.29 is 31.2 Å². The standard InChI is InChI=1S/C25H29Cl3F3N3O4S/c1-5-21(24(36)32-12-15(2)3)33(13-17-18(26)7-6-8-19(17)27)23(35)14-34(39(4,37)38)22-11-16(25(29,30)31)9-10-20(22)28/h6-11,15,21H,5,12-14H2,1-4H3,(H,32,36)/t21-/m0/s1. The Morgan fingerprint density at radius 2 is 1.62 bits per heavy atom. The first-order valence-corrected chi connectivity index (χ1v) is 14.8. The molecule has 7 nitrogen and oxygen atoms in total. The molecule has 0 spiro atoms. The van der Waals surface area contributed by atoms with Crippen LogP contribution in [0.5, 0.6) is 0 Å². The van der Waals surface area contributed by atoms with E-state index in [2.05, 4.69) is 5.32 Å². The van der Waals surface area contributed by atoms with Crippen LogP contribution in [0.15, 0.2) is 36.4 Å². The molecule has 2 aromatic carbocycles. The van der Waals surface area contributed by atoms with Gasteiger partial charge in [0.1, 0.15) is 12.6 Å². The predicted octanol–water partition coefficient (Wildman–Crippen LogP) is 6.01. The molecule has 0 aliphatic heterocycles. The van der Waals surface area contributed by atoms with E-state index in [1.165, 1.54) is 12.1 Å². The molecule has 0 unspecified atom stereocenters. The minimum absolute atomic E-state index is 0.109. The van der Waals surface area contributed by atoms with Gasteiger partial charge in [-0.1, -0.05) is 61.6 Å². The summed E-state index contributed by atoms with van der Waals surface area (Å²) in [5, 5.41) is 2.85. The highest BCUT2D eigenvalue weighted by Crippen LogP contribution is 2.36. The summed E-state index contributed by atoms with van der Waals surface area (Å²) in [5.41, 5.74) is -1.37. The monoisotopic (exact) mass is 629 g/mol. The number of nitrogens with zero attached hydrogens (tertiary/aromatic N) is 2. The van der Waals surface area contributed by atoms with Crippen LogP contribution in [0, 0.1) is 5.92 Å². The molecule has 0 heterocycles. The van der Waals surface area contributed by atoms with Gasteiger partial charge in [0.25, 0.3) is 0 Å². The molecule has 0 aromatic heterocycles. The quantitative estimate of drug-likeness (QED) is 0.330. The molecule has 1 N–H and O–H groups in total.